The van der Waals surface area contributed by atoms with Crippen LogP contribution >= 0.6 is 0 Å². The quantitative estimate of drug-likeness (QED) is 0.807. The number of nitrogens with two attached hydrogens (primary N) is 1. The van der Waals surface area contributed by atoms with Crippen LogP contribution in [-0.2, 0) is 16.1 Å². The smallest absolute Gasteiger partial charge is 0.250 e. The highest BCUT2D eigenvalue weighted by molar-refractivity contribution is 5.83. The summed E-state index contributed by atoms with van der Waals surface area (Å²) < 4.78 is 5.47. The highest BCUT2D eigenvalue weighted by Gasteiger charge is 2.37. The van der Waals surface area contributed by atoms with Gasteiger partial charge in [0.05, 0.1) is 12.3 Å². The van der Waals surface area contributed by atoms with Crippen molar-refractivity contribution in [3.8, 4) is 0 Å². The zero-order valence-corrected chi connectivity index (χ0v) is 10.7. The third-order valence-corrected chi connectivity index (χ3v) is 3.09. The van der Waals surface area contributed by atoms with Gasteiger partial charge >= 0.3 is 0 Å². The van der Waals surface area contributed by atoms with Crippen LogP contribution in [0.3, 0.4) is 0 Å². The Balaban J connectivity index is 2.04. The van der Waals surface area contributed by atoms with Crippen molar-refractivity contribution in [3.63, 3.8) is 0 Å². The molecular weight excluding hydrogens is 232 g/mol. The molecule has 0 saturated carbocycles. The highest BCUT2D eigenvalue weighted by atomic mass is 16.5. The van der Waals surface area contributed by atoms with Crippen molar-refractivity contribution in [1.29, 1.82) is 0 Å². The van der Waals surface area contributed by atoms with Gasteiger partial charge in [0.1, 0.15) is 5.82 Å². The van der Waals surface area contributed by atoms with E-state index >= 15 is 0 Å². The third kappa shape index (κ3) is 2.83. The van der Waals surface area contributed by atoms with Crippen LogP contribution in [0.2, 0.25) is 0 Å². The van der Waals surface area contributed by atoms with Crippen LogP contribution in [0.1, 0.15) is 18.4 Å². The molecule has 0 aromatic carbocycles. The number of nitrogens with zero attached hydrogens (tertiary/aromatic N) is 3. The minimum atomic E-state index is -0.902. The molecule has 0 aliphatic carbocycles. The largest absolute Gasteiger partial charge is 0.367 e. The summed E-state index contributed by atoms with van der Waals surface area (Å²) in [7, 11) is 0. The maximum absolute atomic E-state index is 11.4. The van der Waals surface area contributed by atoms with Crippen LogP contribution in [-0.4, -0.2) is 46.1 Å². The lowest BCUT2D eigenvalue weighted by Crippen LogP contribution is -2.56. The molecule has 6 heteroatoms. The fourth-order valence-corrected chi connectivity index (χ4v) is 2.06. The van der Waals surface area contributed by atoms with Crippen molar-refractivity contribution >= 4 is 5.91 Å². The van der Waals surface area contributed by atoms with E-state index in [2.05, 4.69) is 14.9 Å². The van der Waals surface area contributed by atoms with E-state index in [1.165, 1.54) is 0 Å². The molecule has 0 bridgehead atoms. The molecule has 18 heavy (non-hydrogen) atoms. The van der Waals surface area contributed by atoms with Gasteiger partial charge < -0.3 is 10.5 Å². The molecule has 1 amide bonds. The van der Waals surface area contributed by atoms with Gasteiger partial charge in [0, 0.05) is 25.8 Å². The maximum Gasteiger partial charge on any atom is 0.250 e. The number of ether oxygens (including phenoxy) is 1. The van der Waals surface area contributed by atoms with E-state index in [9.17, 15) is 4.79 Å². The molecule has 2 N–H and O–H groups in total. The first-order chi connectivity index (χ1) is 8.49. The van der Waals surface area contributed by atoms with Crippen LogP contribution in [0.5, 0.6) is 0 Å². The lowest BCUT2D eigenvalue weighted by molar-refractivity contribution is -0.153. The van der Waals surface area contributed by atoms with Crippen molar-refractivity contribution in [2.75, 3.05) is 19.7 Å². The van der Waals surface area contributed by atoms with Crippen LogP contribution in [0.25, 0.3) is 0 Å². The molecule has 1 aliphatic rings. The van der Waals surface area contributed by atoms with Gasteiger partial charge in [-0.2, -0.15) is 0 Å². The Morgan fingerprint density at radius 2 is 2.44 bits per heavy atom. The summed E-state index contributed by atoms with van der Waals surface area (Å²) in [6, 6.07) is 1.88. The molecular formula is C12H18N4O2. The first kappa shape index (κ1) is 12.9. The van der Waals surface area contributed by atoms with Crippen molar-refractivity contribution in [1.82, 2.24) is 14.9 Å². The predicted molar refractivity (Wildman–Crippen MR) is 65.6 cm³/mol. The summed E-state index contributed by atoms with van der Waals surface area (Å²) in [6.45, 7) is 6.03. The van der Waals surface area contributed by atoms with Crippen molar-refractivity contribution in [2.45, 2.75) is 26.0 Å². The van der Waals surface area contributed by atoms with Gasteiger partial charge in [-0.05, 0) is 19.9 Å². The molecule has 1 saturated heterocycles. The molecule has 1 fully saturated rings. The molecule has 0 unspecified atom stereocenters. The van der Waals surface area contributed by atoms with Gasteiger partial charge in [0.25, 0.3) is 5.91 Å². The topological polar surface area (TPSA) is 81.3 Å². The summed E-state index contributed by atoms with van der Waals surface area (Å²) >= 11 is 0. The van der Waals surface area contributed by atoms with E-state index in [4.69, 9.17) is 10.5 Å². The number of primary amides is 1. The van der Waals surface area contributed by atoms with Gasteiger partial charge in [-0.25, -0.2) is 9.97 Å². The van der Waals surface area contributed by atoms with E-state index in [-0.39, 0.29) is 0 Å². The number of morpholine rings is 1. The number of carbonyl (C=O) groups excluding carboxylic acids is 1. The van der Waals surface area contributed by atoms with E-state index in [1.807, 2.05) is 13.0 Å². The lowest BCUT2D eigenvalue weighted by Gasteiger charge is -2.38. The molecule has 6 nitrogen and oxygen atoms in total. The molecule has 98 valence electrons. The molecule has 1 aliphatic heterocycles. The third-order valence-electron chi connectivity index (χ3n) is 3.09. The summed E-state index contributed by atoms with van der Waals surface area (Å²) in [6.07, 6.45) is 1.74. The van der Waals surface area contributed by atoms with Gasteiger partial charge in [0.15, 0.2) is 5.60 Å². The minimum absolute atomic E-state index is 0.425. The van der Waals surface area contributed by atoms with Gasteiger partial charge in [-0.1, -0.05) is 0 Å². The average Bonchev–Trinajstić information content (AvgIpc) is 2.29. The van der Waals surface area contributed by atoms with E-state index in [0.29, 0.717) is 19.7 Å². The first-order valence-corrected chi connectivity index (χ1v) is 5.94. The number of rotatable bonds is 3. The molecule has 1 aromatic rings. The van der Waals surface area contributed by atoms with Gasteiger partial charge in [0.2, 0.25) is 0 Å². The van der Waals surface area contributed by atoms with Gasteiger partial charge in [-0.3, -0.25) is 9.69 Å². The van der Waals surface area contributed by atoms with Crippen molar-refractivity contribution < 1.29 is 9.53 Å². The number of amides is 1. The van der Waals surface area contributed by atoms with E-state index in [1.54, 1.807) is 13.1 Å². The number of aryl methyl sites for hydroxylation is 1. The fraction of sp³-hybridized carbons (Fsp3) is 0.583. The Labute approximate surface area is 106 Å². The first-order valence-electron chi connectivity index (χ1n) is 5.94. The summed E-state index contributed by atoms with van der Waals surface area (Å²) in [4.78, 5) is 21.9. The van der Waals surface area contributed by atoms with Crippen LogP contribution in [0.15, 0.2) is 12.3 Å². The Hall–Kier alpha value is -1.53. The Morgan fingerprint density at radius 3 is 3.11 bits per heavy atom. The predicted octanol–water partition coefficient (Wildman–Crippen LogP) is -0.139. The SMILES string of the molecule is Cc1nccc(CN2CCO[C@@](C)(C(N)=O)C2)n1. The van der Waals surface area contributed by atoms with Crippen molar-refractivity contribution in [3.05, 3.63) is 23.8 Å². The highest BCUT2D eigenvalue weighted by Crippen LogP contribution is 2.18. The average molecular weight is 250 g/mol. The zero-order chi connectivity index (χ0) is 13.2. The van der Waals surface area contributed by atoms with Crippen LogP contribution in [0.4, 0.5) is 0 Å². The molecule has 2 heterocycles. The Kier molecular flexibility index (Phi) is 3.58. The van der Waals surface area contributed by atoms with Crippen LogP contribution in [0, 0.1) is 6.92 Å². The number of hydrogen-bond acceptors (Lipinski definition) is 5. The second-order valence-corrected chi connectivity index (χ2v) is 4.75. The van der Waals surface area contributed by atoms with E-state index in [0.717, 1.165) is 18.1 Å². The second kappa shape index (κ2) is 4.99. The van der Waals surface area contributed by atoms with E-state index < -0.39 is 11.5 Å². The minimum Gasteiger partial charge on any atom is -0.367 e. The zero-order valence-electron chi connectivity index (χ0n) is 10.7. The fourth-order valence-electron chi connectivity index (χ4n) is 2.06. The molecule has 0 radical (unpaired) electrons. The van der Waals surface area contributed by atoms with Gasteiger partial charge in [-0.15, -0.1) is 0 Å². The normalized spacial score (nSPS) is 25.0. The van der Waals surface area contributed by atoms with Crippen LogP contribution < -0.4 is 5.73 Å². The maximum atomic E-state index is 11.4. The molecule has 1 aromatic heterocycles. The summed E-state index contributed by atoms with van der Waals surface area (Å²) in [5.41, 5.74) is 5.40. The number of aromatic nitrogens is 2. The summed E-state index contributed by atoms with van der Waals surface area (Å²) in [5, 5.41) is 0. The molecule has 2 rings (SSSR count). The standard InChI is InChI=1S/C12H18N4O2/c1-9-14-4-3-10(15-9)7-16-5-6-18-12(2,8-16)11(13)17/h3-4H,5-8H2,1-2H3,(H2,13,17)/t12-/m1/s1. The Bertz CT molecular complexity index is 451. The Morgan fingerprint density at radius 1 is 1.67 bits per heavy atom. The number of hydrogen-bond donors (Lipinski definition) is 1. The summed E-state index contributed by atoms with van der Waals surface area (Å²) in [5.74, 6) is 0.324. The second-order valence-electron chi connectivity index (χ2n) is 4.75. The molecule has 0 spiro atoms. The lowest BCUT2D eigenvalue weighted by atomic mass is 10.0. The monoisotopic (exact) mass is 250 g/mol. The van der Waals surface area contributed by atoms with Crippen molar-refractivity contribution in [2.24, 2.45) is 5.73 Å². The molecule has 1 atom stereocenters. The number of carbonyl (C=O) groups is 1.